The molecule has 3 rings (SSSR count). The van der Waals surface area contributed by atoms with Gasteiger partial charge in [-0.05, 0) is 43.0 Å². The fraction of sp³-hybridized carbons (Fsp3) is 0.381. The standard InChI is InChI=1S/C21H25NO2/c1-16(17-10-12-19(24-2)13-11-17)22-20(23)21(14-6-7-15-21)18-8-4-3-5-9-18/h3-5,8-13,16H,6-7,14-15H2,1-2H3,(H,22,23)/t16-/m1/s1. The number of carbonyl (C=O) groups is 1. The lowest BCUT2D eigenvalue weighted by atomic mass is 9.77. The predicted molar refractivity (Wildman–Crippen MR) is 96.1 cm³/mol. The molecule has 1 atom stereocenters. The van der Waals surface area contributed by atoms with Crippen LogP contribution in [0, 0.1) is 0 Å². The van der Waals surface area contributed by atoms with Crippen LogP contribution in [-0.4, -0.2) is 13.0 Å². The van der Waals surface area contributed by atoms with E-state index in [2.05, 4.69) is 17.4 Å². The SMILES string of the molecule is COc1ccc([C@@H](C)NC(=O)C2(c3ccccc3)CCCC2)cc1. The Morgan fingerprint density at radius 3 is 2.25 bits per heavy atom. The van der Waals surface area contributed by atoms with Crippen molar-refractivity contribution in [1.82, 2.24) is 5.32 Å². The zero-order valence-electron chi connectivity index (χ0n) is 14.4. The van der Waals surface area contributed by atoms with Crippen molar-refractivity contribution < 1.29 is 9.53 Å². The lowest BCUT2D eigenvalue weighted by molar-refractivity contribution is -0.127. The predicted octanol–water partition coefficient (Wildman–Crippen LogP) is 4.38. The van der Waals surface area contributed by atoms with Crippen LogP contribution in [0.25, 0.3) is 0 Å². The molecule has 1 aliphatic carbocycles. The van der Waals surface area contributed by atoms with Crippen LogP contribution in [0.3, 0.4) is 0 Å². The summed E-state index contributed by atoms with van der Waals surface area (Å²) >= 11 is 0. The van der Waals surface area contributed by atoms with Crippen LogP contribution in [0.2, 0.25) is 0 Å². The second-order valence-electron chi connectivity index (χ2n) is 6.62. The molecule has 1 aliphatic rings. The van der Waals surface area contributed by atoms with Gasteiger partial charge in [-0.25, -0.2) is 0 Å². The van der Waals surface area contributed by atoms with Crippen molar-refractivity contribution in [1.29, 1.82) is 0 Å². The van der Waals surface area contributed by atoms with Gasteiger partial charge >= 0.3 is 0 Å². The van der Waals surface area contributed by atoms with E-state index >= 15 is 0 Å². The van der Waals surface area contributed by atoms with Gasteiger partial charge in [0.1, 0.15) is 5.75 Å². The molecule has 2 aromatic carbocycles. The van der Waals surface area contributed by atoms with Gasteiger partial charge in [0.25, 0.3) is 0 Å². The van der Waals surface area contributed by atoms with E-state index in [4.69, 9.17) is 4.74 Å². The first-order valence-corrected chi connectivity index (χ1v) is 8.66. The largest absolute Gasteiger partial charge is 0.497 e. The number of rotatable bonds is 5. The highest BCUT2D eigenvalue weighted by atomic mass is 16.5. The Bertz CT molecular complexity index is 673. The number of hydrogen-bond donors (Lipinski definition) is 1. The molecule has 1 fully saturated rings. The summed E-state index contributed by atoms with van der Waals surface area (Å²) < 4.78 is 5.20. The molecule has 2 aromatic rings. The molecule has 0 bridgehead atoms. The summed E-state index contributed by atoms with van der Waals surface area (Å²) in [7, 11) is 1.66. The number of benzene rings is 2. The molecule has 0 aliphatic heterocycles. The molecule has 0 spiro atoms. The molecule has 0 heterocycles. The third-order valence-electron chi connectivity index (χ3n) is 5.18. The van der Waals surface area contributed by atoms with Gasteiger partial charge in [0.15, 0.2) is 0 Å². The molecule has 3 heteroatoms. The lowest BCUT2D eigenvalue weighted by Gasteiger charge is -2.30. The van der Waals surface area contributed by atoms with Gasteiger partial charge in [-0.1, -0.05) is 55.3 Å². The second kappa shape index (κ2) is 7.08. The number of nitrogens with one attached hydrogen (secondary N) is 1. The van der Waals surface area contributed by atoms with Crippen molar-refractivity contribution in [3.63, 3.8) is 0 Å². The summed E-state index contributed by atoms with van der Waals surface area (Å²) in [6.45, 7) is 2.04. The van der Waals surface area contributed by atoms with Crippen LogP contribution < -0.4 is 10.1 Å². The molecule has 3 nitrogen and oxygen atoms in total. The summed E-state index contributed by atoms with van der Waals surface area (Å²) in [4.78, 5) is 13.1. The minimum Gasteiger partial charge on any atom is -0.497 e. The second-order valence-corrected chi connectivity index (χ2v) is 6.62. The van der Waals surface area contributed by atoms with Gasteiger partial charge in [-0.3, -0.25) is 4.79 Å². The summed E-state index contributed by atoms with van der Waals surface area (Å²) in [6.07, 6.45) is 4.08. The van der Waals surface area contributed by atoms with Crippen molar-refractivity contribution in [2.45, 2.75) is 44.1 Å². The van der Waals surface area contributed by atoms with Gasteiger partial charge in [0, 0.05) is 0 Å². The fourth-order valence-corrected chi connectivity index (χ4v) is 3.69. The molecule has 24 heavy (non-hydrogen) atoms. The van der Waals surface area contributed by atoms with Crippen molar-refractivity contribution in [3.05, 3.63) is 65.7 Å². The molecular weight excluding hydrogens is 298 g/mol. The van der Waals surface area contributed by atoms with Crippen molar-refractivity contribution in [2.24, 2.45) is 0 Å². The quantitative estimate of drug-likeness (QED) is 0.886. The van der Waals surface area contributed by atoms with Gasteiger partial charge in [0.05, 0.1) is 18.6 Å². The average molecular weight is 323 g/mol. The third-order valence-corrected chi connectivity index (χ3v) is 5.18. The van der Waals surface area contributed by atoms with E-state index in [0.717, 1.165) is 42.6 Å². The molecule has 1 saturated carbocycles. The Labute approximate surface area is 144 Å². The molecule has 0 aromatic heterocycles. The minimum atomic E-state index is -0.373. The monoisotopic (exact) mass is 323 g/mol. The Morgan fingerprint density at radius 2 is 1.67 bits per heavy atom. The van der Waals surface area contributed by atoms with Crippen LogP contribution in [-0.2, 0) is 10.2 Å². The first-order valence-electron chi connectivity index (χ1n) is 8.66. The van der Waals surface area contributed by atoms with E-state index in [-0.39, 0.29) is 17.4 Å². The highest BCUT2D eigenvalue weighted by Crippen LogP contribution is 2.41. The van der Waals surface area contributed by atoms with E-state index in [1.54, 1.807) is 7.11 Å². The van der Waals surface area contributed by atoms with Crippen LogP contribution in [0.4, 0.5) is 0 Å². The molecule has 0 saturated heterocycles. The highest BCUT2D eigenvalue weighted by molar-refractivity contribution is 5.88. The third kappa shape index (κ3) is 3.16. The summed E-state index contributed by atoms with van der Waals surface area (Å²) in [5.74, 6) is 0.975. The first kappa shape index (κ1) is 16.6. The molecule has 1 amide bonds. The van der Waals surface area contributed by atoms with E-state index in [1.807, 2.05) is 49.4 Å². The molecule has 0 radical (unpaired) electrons. The van der Waals surface area contributed by atoms with E-state index in [1.165, 1.54) is 0 Å². The fourth-order valence-electron chi connectivity index (χ4n) is 3.69. The normalized spacial score (nSPS) is 17.2. The van der Waals surface area contributed by atoms with Crippen molar-refractivity contribution in [3.8, 4) is 5.75 Å². The highest BCUT2D eigenvalue weighted by Gasteiger charge is 2.42. The Morgan fingerprint density at radius 1 is 1.04 bits per heavy atom. The van der Waals surface area contributed by atoms with E-state index < -0.39 is 0 Å². The van der Waals surface area contributed by atoms with Crippen LogP contribution in [0.5, 0.6) is 5.75 Å². The van der Waals surface area contributed by atoms with Crippen LogP contribution in [0.15, 0.2) is 54.6 Å². The zero-order valence-corrected chi connectivity index (χ0v) is 14.4. The summed E-state index contributed by atoms with van der Waals surface area (Å²) in [5, 5.41) is 3.24. The minimum absolute atomic E-state index is 0.0235. The summed E-state index contributed by atoms with van der Waals surface area (Å²) in [6, 6.07) is 18.1. The van der Waals surface area contributed by atoms with Gasteiger partial charge in [-0.15, -0.1) is 0 Å². The Hall–Kier alpha value is -2.29. The van der Waals surface area contributed by atoms with Gasteiger partial charge < -0.3 is 10.1 Å². The molecule has 126 valence electrons. The Kier molecular flexibility index (Phi) is 4.89. The number of carbonyl (C=O) groups excluding carboxylic acids is 1. The molecular formula is C21H25NO2. The zero-order chi connectivity index (χ0) is 17.0. The molecule has 1 N–H and O–H groups in total. The number of hydrogen-bond acceptors (Lipinski definition) is 2. The van der Waals surface area contributed by atoms with E-state index in [0.29, 0.717) is 0 Å². The van der Waals surface area contributed by atoms with Crippen LogP contribution >= 0.6 is 0 Å². The van der Waals surface area contributed by atoms with Gasteiger partial charge in [0.2, 0.25) is 5.91 Å². The molecule has 0 unspecified atom stereocenters. The first-order chi connectivity index (χ1) is 11.7. The van der Waals surface area contributed by atoms with Gasteiger partial charge in [-0.2, -0.15) is 0 Å². The van der Waals surface area contributed by atoms with Crippen LogP contribution in [0.1, 0.15) is 49.8 Å². The maximum absolute atomic E-state index is 13.1. The lowest BCUT2D eigenvalue weighted by Crippen LogP contribution is -2.43. The Balaban J connectivity index is 1.78. The maximum Gasteiger partial charge on any atom is 0.231 e. The average Bonchev–Trinajstić information content (AvgIpc) is 3.13. The van der Waals surface area contributed by atoms with Crippen molar-refractivity contribution in [2.75, 3.05) is 7.11 Å². The summed E-state index contributed by atoms with van der Waals surface area (Å²) in [5.41, 5.74) is 1.86. The maximum atomic E-state index is 13.1. The van der Waals surface area contributed by atoms with E-state index in [9.17, 15) is 4.79 Å². The number of amides is 1. The van der Waals surface area contributed by atoms with Crippen molar-refractivity contribution >= 4 is 5.91 Å². The topological polar surface area (TPSA) is 38.3 Å². The number of ether oxygens (including phenoxy) is 1. The number of methoxy groups -OCH3 is 1. The smallest absolute Gasteiger partial charge is 0.231 e.